The Labute approximate surface area is 51.5 Å². The molecule has 0 fully saturated rings. The first-order valence-electron chi connectivity index (χ1n) is 1.06. The van der Waals surface area contributed by atoms with Crippen LogP contribution in [0.25, 0.3) is 0 Å². The summed E-state index contributed by atoms with van der Waals surface area (Å²) in [6.07, 6.45) is 0. The maximum Gasteiger partial charge on any atom is 0.321 e. The first-order chi connectivity index (χ1) is 2.27. The normalized spacial score (nSPS) is 5.67. The minimum absolute atomic E-state index is 0. The van der Waals surface area contributed by atoms with Gasteiger partial charge in [0.25, 0.3) is 0 Å². The van der Waals surface area contributed by atoms with E-state index in [-0.39, 0.29) is 17.1 Å². The van der Waals surface area contributed by atoms with Crippen molar-refractivity contribution in [2.24, 2.45) is 0 Å². The summed E-state index contributed by atoms with van der Waals surface area (Å²) in [6, 6.07) is 0. The van der Waals surface area contributed by atoms with Gasteiger partial charge in [-0.3, -0.25) is 4.79 Å². The summed E-state index contributed by atoms with van der Waals surface area (Å²) in [4.78, 5) is 9.46. The van der Waals surface area contributed by atoms with E-state index in [0.29, 0.717) is 0 Å². The van der Waals surface area contributed by atoms with Gasteiger partial charge in [0.15, 0.2) is 0 Å². The first kappa shape index (κ1) is 9.56. The predicted octanol–water partition coefficient (Wildman–Crippen LogP) is 0.701. The summed E-state index contributed by atoms with van der Waals surface area (Å²) in [5, 5.41) is 0. The van der Waals surface area contributed by atoms with Crippen LogP contribution in [0.2, 0.25) is 0 Å². The van der Waals surface area contributed by atoms with E-state index in [9.17, 15) is 4.79 Å². The van der Waals surface area contributed by atoms with Gasteiger partial charge in [0.2, 0.25) is 0 Å². The van der Waals surface area contributed by atoms with Gasteiger partial charge in [0.1, 0.15) is 11.9 Å². The molecule has 38 valence electrons. The van der Waals surface area contributed by atoms with E-state index in [4.69, 9.17) is 0 Å². The molecule has 0 heterocycles. The standard InChI is InChI=1S/C2H3ClO2.Fe/c1-2(4)5-3;/h1H3;. The van der Waals surface area contributed by atoms with Gasteiger partial charge in [-0.1, -0.05) is 0 Å². The van der Waals surface area contributed by atoms with Crippen LogP contribution in [0, 0.1) is 0 Å². The molecule has 4 heteroatoms. The Morgan fingerprint density at radius 1 is 1.83 bits per heavy atom. The van der Waals surface area contributed by atoms with Crippen LogP contribution < -0.4 is 0 Å². The summed E-state index contributed by atoms with van der Waals surface area (Å²) in [7, 11) is 0. The molecule has 0 rings (SSSR count). The Morgan fingerprint density at radius 3 is 2.00 bits per heavy atom. The molecule has 0 bridgehead atoms. The molecular formula is C2H3ClFeO2. The first-order valence-corrected chi connectivity index (χ1v) is 1.37. The molecule has 0 aliphatic heterocycles. The number of rotatable bonds is 0. The largest absolute Gasteiger partial charge is 0.348 e. The molecule has 6 heavy (non-hydrogen) atoms. The van der Waals surface area contributed by atoms with Crippen LogP contribution in [-0.2, 0) is 26.2 Å². The number of halogens is 1. The van der Waals surface area contributed by atoms with Crippen molar-refractivity contribution in [3.8, 4) is 0 Å². The summed E-state index contributed by atoms with van der Waals surface area (Å²) >= 11 is 4.49. The Morgan fingerprint density at radius 2 is 2.00 bits per heavy atom. The fraction of sp³-hybridized carbons (Fsp3) is 0.500. The van der Waals surface area contributed by atoms with Crippen LogP contribution in [-0.4, -0.2) is 5.97 Å². The molecule has 0 saturated heterocycles. The zero-order valence-electron chi connectivity index (χ0n) is 3.05. The molecule has 0 aromatic rings. The van der Waals surface area contributed by atoms with Crippen LogP contribution in [0.15, 0.2) is 0 Å². The molecule has 0 aliphatic rings. The monoisotopic (exact) mass is 150 g/mol. The van der Waals surface area contributed by atoms with Gasteiger partial charge < -0.3 is 4.29 Å². The van der Waals surface area contributed by atoms with E-state index in [1.807, 2.05) is 0 Å². The van der Waals surface area contributed by atoms with E-state index in [0.717, 1.165) is 0 Å². The van der Waals surface area contributed by atoms with Crippen LogP contribution in [0.1, 0.15) is 6.92 Å². The molecule has 0 aromatic carbocycles. The van der Waals surface area contributed by atoms with Crippen LogP contribution >= 0.6 is 11.9 Å². The summed E-state index contributed by atoms with van der Waals surface area (Å²) in [5.41, 5.74) is 0. The van der Waals surface area contributed by atoms with Gasteiger partial charge in [0, 0.05) is 24.0 Å². The van der Waals surface area contributed by atoms with Crippen molar-refractivity contribution in [1.82, 2.24) is 0 Å². The zero-order valence-corrected chi connectivity index (χ0v) is 4.91. The smallest absolute Gasteiger partial charge is 0.321 e. The quantitative estimate of drug-likeness (QED) is 0.475. The third-order valence-electron chi connectivity index (χ3n) is 0.109. The van der Waals surface area contributed by atoms with Gasteiger partial charge in [-0.05, 0) is 0 Å². The van der Waals surface area contributed by atoms with Gasteiger partial charge >= 0.3 is 5.97 Å². The third-order valence-corrected chi connectivity index (χ3v) is 0.326. The summed E-state index contributed by atoms with van der Waals surface area (Å²) in [5.74, 6) is -0.480. The Hall–Kier alpha value is 0.279. The molecule has 0 aromatic heterocycles. The number of carbonyl (C=O) groups is 1. The maximum absolute atomic E-state index is 9.46. The molecular weight excluding hydrogens is 147 g/mol. The molecule has 0 saturated carbocycles. The average molecular weight is 150 g/mol. The van der Waals surface area contributed by atoms with Crippen molar-refractivity contribution in [2.75, 3.05) is 0 Å². The van der Waals surface area contributed by atoms with Crippen molar-refractivity contribution in [3.05, 3.63) is 0 Å². The Bertz CT molecular complexity index is 46.8. The van der Waals surface area contributed by atoms with Crippen molar-refractivity contribution < 1.29 is 26.2 Å². The SMILES string of the molecule is CC(=O)OCl.[Fe]. The summed E-state index contributed by atoms with van der Waals surface area (Å²) in [6.45, 7) is 1.23. The van der Waals surface area contributed by atoms with Gasteiger partial charge in [-0.15, -0.1) is 0 Å². The molecule has 0 unspecified atom stereocenters. The van der Waals surface area contributed by atoms with Crippen LogP contribution in [0.4, 0.5) is 0 Å². The molecule has 0 amide bonds. The third kappa shape index (κ3) is 8.86. The van der Waals surface area contributed by atoms with Crippen molar-refractivity contribution in [3.63, 3.8) is 0 Å². The second-order valence-corrected chi connectivity index (χ2v) is 0.723. The van der Waals surface area contributed by atoms with Crippen LogP contribution in [0.3, 0.4) is 0 Å². The summed E-state index contributed by atoms with van der Waals surface area (Å²) < 4.78 is 3.58. The van der Waals surface area contributed by atoms with Crippen molar-refractivity contribution in [1.29, 1.82) is 0 Å². The number of hydrogen-bond acceptors (Lipinski definition) is 2. The average Bonchev–Trinajstić information content (AvgIpc) is 1.38. The molecule has 0 radical (unpaired) electrons. The molecule has 0 spiro atoms. The number of carbonyl (C=O) groups excluding carboxylic acids is 1. The maximum atomic E-state index is 9.46. The fourth-order valence-corrected chi connectivity index (χ4v) is 0. The van der Waals surface area contributed by atoms with Gasteiger partial charge in [-0.25, -0.2) is 0 Å². The van der Waals surface area contributed by atoms with E-state index < -0.39 is 5.97 Å². The molecule has 0 N–H and O–H groups in total. The molecule has 0 atom stereocenters. The van der Waals surface area contributed by atoms with Crippen LogP contribution in [0.5, 0.6) is 0 Å². The Kier molecular flexibility index (Phi) is 8.41. The van der Waals surface area contributed by atoms with E-state index in [1.165, 1.54) is 6.92 Å². The van der Waals surface area contributed by atoms with E-state index in [2.05, 4.69) is 16.2 Å². The Balaban J connectivity index is 0. The number of hydrogen-bond donors (Lipinski definition) is 0. The minimum atomic E-state index is -0.480. The van der Waals surface area contributed by atoms with Crippen molar-refractivity contribution in [2.45, 2.75) is 6.92 Å². The minimum Gasteiger partial charge on any atom is -0.348 e. The van der Waals surface area contributed by atoms with E-state index >= 15 is 0 Å². The second kappa shape index (κ2) is 5.28. The molecule has 2 nitrogen and oxygen atoms in total. The second-order valence-electron chi connectivity index (χ2n) is 0.569. The van der Waals surface area contributed by atoms with Crippen molar-refractivity contribution >= 4 is 17.8 Å². The molecule has 0 aliphatic carbocycles. The predicted molar refractivity (Wildman–Crippen MR) is 17.6 cm³/mol. The van der Waals surface area contributed by atoms with Gasteiger partial charge in [-0.2, -0.15) is 0 Å². The van der Waals surface area contributed by atoms with E-state index in [1.54, 1.807) is 0 Å². The topological polar surface area (TPSA) is 26.3 Å². The zero-order chi connectivity index (χ0) is 4.28. The van der Waals surface area contributed by atoms with Gasteiger partial charge in [0.05, 0.1) is 0 Å². The fourth-order valence-electron chi connectivity index (χ4n) is 0.